The van der Waals surface area contributed by atoms with E-state index in [9.17, 15) is 13.2 Å². The van der Waals surface area contributed by atoms with Crippen LogP contribution in [0, 0.1) is 5.92 Å². The Balaban J connectivity index is 2.12. The maximum Gasteiger partial charge on any atom is 0.269 e. The Hall–Kier alpha value is -1.45. The summed E-state index contributed by atoms with van der Waals surface area (Å²) in [4.78, 5) is 12.7. The molecule has 1 saturated heterocycles. The Morgan fingerprint density at radius 1 is 1.44 bits per heavy atom. The molecule has 0 saturated carbocycles. The minimum Gasteiger partial charge on any atom is -0.379 e. The quantitative estimate of drug-likeness (QED) is 0.759. The predicted octanol–water partition coefficient (Wildman–Crippen LogP) is 0.663. The second-order valence-electron chi connectivity index (χ2n) is 6.86. The van der Waals surface area contributed by atoms with Crippen molar-refractivity contribution in [2.24, 2.45) is 5.92 Å². The van der Waals surface area contributed by atoms with E-state index in [4.69, 9.17) is 4.74 Å². The molecule has 1 N–H and O–H groups in total. The fraction of sp³-hybridized carbons (Fsp3) is 0.750. The van der Waals surface area contributed by atoms with Crippen LogP contribution in [0.25, 0.3) is 0 Å². The summed E-state index contributed by atoms with van der Waals surface area (Å²) in [5, 5.41) is 7.37. The van der Waals surface area contributed by atoms with Crippen molar-refractivity contribution in [2.75, 3.05) is 33.1 Å². The van der Waals surface area contributed by atoms with Crippen LogP contribution in [0.5, 0.6) is 0 Å². The van der Waals surface area contributed by atoms with Crippen molar-refractivity contribution in [2.45, 2.75) is 39.3 Å². The molecule has 2 heterocycles. The fourth-order valence-electron chi connectivity index (χ4n) is 2.73. The van der Waals surface area contributed by atoms with Gasteiger partial charge in [0.1, 0.15) is 5.69 Å². The molecule has 1 aliphatic rings. The molecule has 2 atom stereocenters. The van der Waals surface area contributed by atoms with Crippen LogP contribution in [-0.2, 0) is 21.3 Å². The normalized spacial score (nSPS) is 21.2. The molecule has 0 radical (unpaired) electrons. The topological polar surface area (TPSA) is 93.5 Å². The van der Waals surface area contributed by atoms with Crippen molar-refractivity contribution >= 4 is 15.9 Å². The summed E-state index contributed by atoms with van der Waals surface area (Å²) < 4.78 is 32.5. The number of rotatable bonds is 7. The first-order chi connectivity index (χ1) is 11.7. The minimum atomic E-state index is -3.35. The molecule has 2 rings (SSSR count). The van der Waals surface area contributed by atoms with Gasteiger partial charge in [-0.05, 0) is 18.9 Å². The number of nitrogens with one attached hydrogen (secondary N) is 1. The van der Waals surface area contributed by atoms with E-state index in [2.05, 4.69) is 10.4 Å². The molecule has 8 nitrogen and oxygen atoms in total. The first-order valence-electron chi connectivity index (χ1n) is 8.52. The maximum atomic E-state index is 12.7. The third kappa shape index (κ3) is 4.59. The van der Waals surface area contributed by atoms with Crippen LogP contribution in [0.3, 0.4) is 0 Å². The highest BCUT2D eigenvalue weighted by Crippen LogP contribution is 2.19. The highest BCUT2D eigenvalue weighted by atomic mass is 32.2. The van der Waals surface area contributed by atoms with Gasteiger partial charge in [0.25, 0.3) is 5.91 Å². The summed E-state index contributed by atoms with van der Waals surface area (Å²) in [6, 6.07) is 1.47. The number of hydrogen-bond donors (Lipinski definition) is 1. The zero-order chi connectivity index (χ0) is 18.8. The Kier molecular flexibility index (Phi) is 6.23. The number of nitrogens with zero attached hydrogens (tertiary/aromatic N) is 3. The first kappa shape index (κ1) is 19.9. The van der Waals surface area contributed by atoms with Gasteiger partial charge in [0, 0.05) is 26.6 Å². The van der Waals surface area contributed by atoms with Crippen molar-refractivity contribution in [1.82, 2.24) is 19.4 Å². The number of ether oxygens (including phenoxy) is 1. The number of aryl methyl sites for hydroxylation is 1. The van der Waals surface area contributed by atoms with E-state index in [-0.39, 0.29) is 29.5 Å². The van der Waals surface area contributed by atoms with Gasteiger partial charge in [-0.2, -0.15) is 5.10 Å². The smallest absolute Gasteiger partial charge is 0.269 e. The van der Waals surface area contributed by atoms with Gasteiger partial charge in [-0.25, -0.2) is 12.7 Å². The van der Waals surface area contributed by atoms with Crippen molar-refractivity contribution in [1.29, 1.82) is 0 Å². The number of hydrogen-bond acceptors (Lipinski definition) is 5. The van der Waals surface area contributed by atoms with Crippen molar-refractivity contribution < 1.29 is 17.9 Å². The molecule has 0 aromatic carbocycles. The molecule has 0 unspecified atom stereocenters. The summed E-state index contributed by atoms with van der Waals surface area (Å²) in [6.45, 7) is 7.21. The minimum absolute atomic E-state index is 0.0464. The van der Waals surface area contributed by atoms with E-state index in [1.807, 2.05) is 20.8 Å². The Morgan fingerprint density at radius 2 is 2.12 bits per heavy atom. The van der Waals surface area contributed by atoms with E-state index in [0.29, 0.717) is 25.5 Å². The van der Waals surface area contributed by atoms with E-state index in [1.54, 1.807) is 10.7 Å². The molecule has 25 heavy (non-hydrogen) atoms. The first-order valence-corrected chi connectivity index (χ1v) is 10.1. The molecular formula is C16H28N4O4S. The number of sulfonamides is 1. The Bertz CT molecular complexity index is 712. The zero-order valence-electron chi connectivity index (χ0n) is 15.5. The van der Waals surface area contributed by atoms with Crippen LogP contribution >= 0.6 is 0 Å². The van der Waals surface area contributed by atoms with Gasteiger partial charge >= 0.3 is 0 Å². The van der Waals surface area contributed by atoms with E-state index >= 15 is 0 Å². The summed E-state index contributed by atoms with van der Waals surface area (Å²) in [7, 11) is -0.339. The number of carbonyl (C=O) groups excluding carboxylic acids is 1. The van der Waals surface area contributed by atoms with Gasteiger partial charge in [0.05, 0.1) is 30.7 Å². The van der Waals surface area contributed by atoms with Crippen LogP contribution in [-0.4, -0.2) is 67.5 Å². The lowest BCUT2D eigenvalue weighted by atomic mass is 10.1. The number of aromatic nitrogens is 2. The summed E-state index contributed by atoms with van der Waals surface area (Å²) in [6.07, 6.45) is 0. The molecule has 1 aromatic heterocycles. The summed E-state index contributed by atoms with van der Waals surface area (Å²) in [5.41, 5.74) is 1.36. The third-order valence-corrected chi connectivity index (χ3v) is 6.38. The third-order valence-electron chi connectivity index (χ3n) is 4.42. The average Bonchev–Trinajstić information content (AvgIpc) is 3.13. The highest BCUT2D eigenvalue weighted by Gasteiger charge is 2.34. The van der Waals surface area contributed by atoms with E-state index in [0.717, 1.165) is 5.69 Å². The largest absolute Gasteiger partial charge is 0.379 e. The van der Waals surface area contributed by atoms with Crippen LogP contribution in [0.15, 0.2) is 6.07 Å². The van der Waals surface area contributed by atoms with Crippen LogP contribution in [0.2, 0.25) is 0 Å². The standard InChI is InChI=1S/C16H28N4O4S/c1-6-20-15(7-13(18-20)11(2)3)16(21)17-14-9-24-8-12(14)10-25(22,23)19(4)5/h7,11-12,14H,6,8-10H2,1-5H3,(H,17,21)/t12-,14+/m0/s1. The number of amides is 1. The van der Waals surface area contributed by atoms with Crippen molar-refractivity contribution in [3.8, 4) is 0 Å². The molecular weight excluding hydrogens is 344 g/mol. The van der Waals surface area contributed by atoms with Crippen LogP contribution in [0.1, 0.15) is 42.9 Å². The monoisotopic (exact) mass is 372 g/mol. The van der Waals surface area contributed by atoms with Gasteiger partial charge in [-0.1, -0.05) is 13.8 Å². The van der Waals surface area contributed by atoms with Gasteiger partial charge in [0.2, 0.25) is 10.0 Å². The fourth-order valence-corrected chi connectivity index (χ4v) is 3.89. The molecule has 1 fully saturated rings. The molecule has 0 spiro atoms. The van der Waals surface area contributed by atoms with Gasteiger partial charge < -0.3 is 10.1 Å². The second kappa shape index (κ2) is 7.84. The molecule has 1 aromatic rings. The molecule has 1 aliphatic heterocycles. The van der Waals surface area contributed by atoms with Crippen LogP contribution in [0.4, 0.5) is 0 Å². The Labute approximate surface area is 149 Å². The molecule has 1 amide bonds. The Morgan fingerprint density at radius 3 is 2.68 bits per heavy atom. The summed E-state index contributed by atoms with van der Waals surface area (Å²) >= 11 is 0. The molecule has 0 aliphatic carbocycles. The molecule has 0 bridgehead atoms. The lowest BCUT2D eigenvalue weighted by Gasteiger charge is -2.21. The molecule has 142 valence electrons. The van der Waals surface area contributed by atoms with Crippen molar-refractivity contribution in [3.63, 3.8) is 0 Å². The average molecular weight is 372 g/mol. The molecule has 9 heteroatoms. The van der Waals surface area contributed by atoms with Gasteiger partial charge in [-0.3, -0.25) is 9.48 Å². The van der Waals surface area contributed by atoms with E-state index in [1.165, 1.54) is 18.4 Å². The maximum absolute atomic E-state index is 12.7. The predicted molar refractivity (Wildman–Crippen MR) is 95.0 cm³/mol. The van der Waals surface area contributed by atoms with Gasteiger partial charge in [0.15, 0.2) is 0 Å². The summed E-state index contributed by atoms with van der Waals surface area (Å²) in [5.74, 6) is -0.329. The SMILES string of the molecule is CCn1nc(C(C)C)cc1C(=O)N[C@@H]1COC[C@H]1CS(=O)(=O)N(C)C. The second-order valence-corrected chi connectivity index (χ2v) is 9.09. The van der Waals surface area contributed by atoms with E-state index < -0.39 is 10.0 Å². The van der Waals surface area contributed by atoms with Crippen LogP contribution < -0.4 is 5.32 Å². The zero-order valence-corrected chi connectivity index (χ0v) is 16.3. The lowest BCUT2D eigenvalue weighted by Crippen LogP contribution is -2.44. The van der Waals surface area contributed by atoms with Crippen molar-refractivity contribution in [3.05, 3.63) is 17.5 Å². The highest BCUT2D eigenvalue weighted by molar-refractivity contribution is 7.89. The lowest BCUT2D eigenvalue weighted by molar-refractivity contribution is 0.0915. The number of carbonyl (C=O) groups is 1. The van der Waals surface area contributed by atoms with Gasteiger partial charge in [-0.15, -0.1) is 0 Å².